The molecule has 4 aromatic rings. The Balaban J connectivity index is 1.73. The number of fused-ring (bicyclic) bond motifs is 1. The molecule has 8 heteroatoms. The Hall–Kier alpha value is -3.68. The van der Waals surface area contributed by atoms with Gasteiger partial charge in [-0.3, -0.25) is 9.38 Å². The van der Waals surface area contributed by atoms with Gasteiger partial charge in [-0.2, -0.15) is 0 Å². The molecule has 0 saturated heterocycles. The summed E-state index contributed by atoms with van der Waals surface area (Å²) in [6.07, 6.45) is 8.52. The van der Waals surface area contributed by atoms with Crippen LogP contribution in [-0.2, 0) is 12.8 Å². The molecule has 27 heavy (non-hydrogen) atoms. The Morgan fingerprint density at radius 3 is 2.78 bits per heavy atom. The first-order valence-electron chi connectivity index (χ1n) is 8.23. The lowest BCUT2D eigenvalue weighted by molar-refractivity contribution is 0.0694. The molecule has 7 nitrogen and oxygen atoms in total. The Kier molecular flexibility index (Phi) is 4.29. The Morgan fingerprint density at radius 1 is 1.11 bits per heavy atom. The summed E-state index contributed by atoms with van der Waals surface area (Å²) in [7, 11) is 0. The van der Waals surface area contributed by atoms with Crippen molar-refractivity contribution in [2.45, 2.75) is 12.8 Å². The zero-order valence-electron chi connectivity index (χ0n) is 14.1. The van der Waals surface area contributed by atoms with Gasteiger partial charge in [-0.1, -0.05) is 6.07 Å². The highest BCUT2D eigenvalue weighted by Crippen LogP contribution is 2.20. The summed E-state index contributed by atoms with van der Waals surface area (Å²) >= 11 is 0. The largest absolute Gasteiger partial charge is 0.478 e. The van der Waals surface area contributed by atoms with Crippen LogP contribution in [0.2, 0.25) is 0 Å². The normalized spacial score (nSPS) is 11.0. The fourth-order valence-corrected chi connectivity index (χ4v) is 2.84. The van der Waals surface area contributed by atoms with E-state index in [-0.39, 0.29) is 5.56 Å². The molecule has 0 aliphatic heterocycles. The topological polar surface area (TPSA) is 93.3 Å². The first-order chi connectivity index (χ1) is 13.1. The molecule has 0 radical (unpaired) electrons. The van der Waals surface area contributed by atoms with E-state index in [0.29, 0.717) is 35.7 Å². The van der Waals surface area contributed by atoms with Crippen molar-refractivity contribution in [2.24, 2.45) is 0 Å². The van der Waals surface area contributed by atoms with Crippen LogP contribution >= 0.6 is 0 Å². The highest BCUT2D eigenvalue weighted by atomic mass is 19.1. The maximum Gasteiger partial charge on any atom is 0.339 e. The van der Waals surface area contributed by atoms with Crippen molar-refractivity contribution >= 4 is 11.6 Å². The first-order valence-corrected chi connectivity index (χ1v) is 8.23. The summed E-state index contributed by atoms with van der Waals surface area (Å²) in [5.74, 6) is -1.22. The van der Waals surface area contributed by atoms with E-state index in [9.17, 15) is 14.3 Å². The maximum atomic E-state index is 13.6. The molecule has 134 valence electrons. The molecular weight excluding hydrogens is 349 g/mol. The third-order valence-electron chi connectivity index (χ3n) is 4.17. The summed E-state index contributed by atoms with van der Waals surface area (Å²) in [5.41, 5.74) is 2.47. The average molecular weight is 363 g/mol. The monoisotopic (exact) mass is 363 g/mol. The molecule has 0 amide bonds. The van der Waals surface area contributed by atoms with Crippen molar-refractivity contribution in [3.63, 3.8) is 0 Å². The fourth-order valence-electron chi connectivity index (χ4n) is 2.84. The molecule has 0 bridgehead atoms. The van der Waals surface area contributed by atoms with E-state index in [1.807, 2.05) is 12.1 Å². The fraction of sp³-hybridized carbons (Fsp3) is 0.105. The van der Waals surface area contributed by atoms with E-state index in [1.165, 1.54) is 29.1 Å². The van der Waals surface area contributed by atoms with E-state index in [4.69, 9.17) is 0 Å². The number of nitrogens with zero attached hydrogens (tertiary/aromatic N) is 5. The zero-order valence-corrected chi connectivity index (χ0v) is 14.1. The highest BCUT2D eigenvalue weighted by Gasteiger charge is 2.16. The SMILES string of the molecule is O=C(O)c1cnc(-c2cnc3ccc(F)cn23)nc1CCc1cccnc1. The summed E-state index contributed by atoms with van der Waals surface area (Å²) in [6, 6.07) is 6.61. The van der Waals surface area contributed by atoms with Crippen LogP contribution in [0.4, 0.5) is 4.39 Å². The molecule has 0 aliphatic carbocycles. The number of hydrogen-bond donors (Lipinski definition) is 1. The summed E-state index contributed by atoms with van der Waals surface area (Å²) in [4.78, 5) is 28.4. The third kappa shape index (κ3) is 3.37. The van der Waals surface area contributed by atoms with Crippen LogP contribution in [0.25, 0.3) is 17.2 Å². The smallest absolute Gasteiger partial charge is 0.339 e. The number of rotatable bonds is 5. The minimum atomic E-state index is -1.09. The average Bonchev–Trinajstić information content (AvgIpc) is 3.10. The van der Waals surface area contributed by atoms with Gasteiger partial charge in [0.25, 0.3) is 0 Å². The summed E-state index contributed by atoms with van der Waals surface area (Å²) in [6.45, 7) is 0. The zero-order chi connectivity index (χ0) is 18.8. The van der Waals surface area contributed by atoms with Crippen molar-refractivity contribution in [2.75, 3.05) is 0 Å². The predicted molar refractivity (Wildman–Crippen MR) is 94.8 cm³/mol. The number of carbonyl (C=O) groups is 1. The molecule has 1 N–H and O–H groups in total. The Labute approximate surface area is 153 Å². The lowest BCUT2D eigenvalue weighted by Crippen LogP contribution is -2.09. The number of halogens is 1. The lowest BCUT2D eigenvalue weighted by Gasteiger charge is -2.08. The van der Waals surface area contributed by atoms with Crippen LogP contribution in [-0.4, -0.2) is 35.4 Å². The van der Waals surface area contributed by atoms with Gasteiger partial charge in [-0.25, -0.2) is 24.1 Å². The third-order valence-corrected chi connectivity index (χ3v) is 4.17. The first kappa shape index (κ1) is 16.8. The van der Waals surface area contributed by atoms with E-state index in [1.54, 1.807) is 18.5 Å². The van der Waals surface area contributed by atoms with Crippen LogP contribution in [0.3, 0.4) is 0 Å². The van der Waals surface area contributed by atoms with Gasteiger partial charge in [-0.15, -0.1) is 0 Å². The minimum Gasteiger partial charge on any atom is -0.478 e. The van der Waals surface area contributed by atoms with Gasteiger partial charge in [0.15, 0.2) is 5.82 Å². The standard InChI is InChI=1S/C19H14FN5O2/c20-13-4-6-17-22-10-16(25(17)11-13)18-23-9-14(19(26)27)15(24-18)5-3-12-2-1-7-21-8-12/h1-2,4,6-11H,3,5H2,(H,26,27). The van der Waals surface area contributed by atoms with Crippen LogP contribution in [0, 0.1) is 5.82 Å². The summed E-state index contributed by atoms with van der Waals surface area (Å²) in [5, 5.41) is 9.43. The van der Waals surface area contributed by atoms with Gasteiger partial charge in [-0.05, 0) is 36.6 Å². The van der Waals surface area contributed by atoms with Crippen molar-refractivity contribution < 1.29 is 14.3 Å². The molecule has 0 spiro atoms. The van der Waals surface area contributed by atoms with Crippen molar-refractivity contribution in [3.05, 3.63) is 77.9 Å². The number of carboxylic acids is 1. The molecule has 0 saturated carbocycles. The van der Waals surface area contributed by atoms with Gasteiger partial charge in [0, 0.05) is 24.8 Å². The lowest BCUT2D eigenvalue weighted by atomic mass is 10.1. The number of hydrogen-bond acceptors (Lipinski definition) is 5. The van der Waals surface area contributed by atoms with Crippen LogP contribution in [0.15, 0.2) is 55.2 Å². The molecule has 0 unspecified atom stereocenters. The van der Waals surface area contributed by atoms with Gasteiger partial charge >= 0.3 is 5.97 Å². The number of pyridine rings is 2. The van der Waals surface area contributed by atoms with Crippen molar-refractivity contribution in [3.8, 4) is 11.5 Å². The van der Waals surface area contributed by atoms with Gasteiger partial charge in [0.05, 0.1) is 17.5 Å². The molecular formula is C19H14FN5O2. The molecule has 4 heterocycles. The molecule has 0 aliphatic rings. The number of aryl methyl sites for hydroxylation is 2. The predicted octanol–water partition coefficient (Wildman–Crippen LogP) is 2.81. The van der Waals surface area contributed by atoms with Crippen molar-refractivity contribution in [1.82, 2.24) is 24.3 Å². The van der Waals surface area contributed by atoms with E-state index < -0.39 is 11.8 Å². The second-order valence-corrected chi connectivity index (χ2v) is 5.94. The van der Waals surface area contributed by atoms with Crippen LogP contribution < -0.4 is 0 Å². The Bertz CT molecular complexity index is 1130. The van der Waals surface area contributed by atoms with Gasteiger partial charge in [0.1, 0.15) is 17.2 Å². The van der Waals surface area contributed by atoms with Gasteiger partial charge in [0.2, 0.25) is 0 Å². The minimum absolute atomic E-state index is 0.0441. The quantitative estimate of drug-likeness (QED) is 0.586. The van der Waals surface area contributed by atoms with Gasteiger partial charge < -0.3 is 5.11 Å². The second kappa shape index (κ2) is 6.91. The number of carboxylic acid groups (broad SMARTS) is 1. The number of aromatic carboxylic acids is 1. The summed E-state index contributed by atoms with van der Waals surface area (Å²) < 4.78 is 15.1. The van der Waals surface area contributed by atoms with E-state index in [2.05, 4.69) is 19.9 Å². The van der Waals surface area contributed by atoms with E-state index in [0.717, 1.165) is 5.56 Å². The maximum absolute atomic E-state index is 13.6. The molecule has 0 atom stereocenters. The van der Waals surface area contributed by atoms with Crippen LogP contribution in [0.1, 0.15) is 21.6 Å². The number of aromatic nitrogens is 5. The van der Waals surface area contributed by atoms with E-state index >= 15 is 0 Å². The van der Waals surface area contributed by atoms with Crippen molar-refractivity contribution in [1.29, 1.82) is 0 Å². The molecule has 4 aromatic heterocycles. The second-order valence-electron chi connectivity index (χ2n) is 5.94. The molecule has 4 rings (SSSR count). The van der Waals surface area contributed by atoms with Crippen LogP contribution in [0.5, 0.6) is 0 Å². The Morgan fingerprint density at radius 2 is 2.00 bits per heavy atom. The molecule has 0 fully saturated rings. The highest BCUT2D eigenvalue weighted by molar-refractivity contribution is 5.88. The molecule has 0 aromatic carbocycles. The number of imidazole rings is 1.